The number of hydrogen-bond acceptors (Lipinski definition) is 4. The fourth-order valence-corrected chi connectivity index (χ4v) is 3.64. The summed E-state index contributed by atoms with van der Waals surface area (Å²) < 4.78 is 1.71. The SMILES string of the molecule is CCc1nn(C)cc1NC(=O)NCc1nc2c(s1)CCC2. The van der Waals surface area contributed by atoms with Crippen LogP contribution in [0.1, 0.15) is 34.6 Å². The number of urea groups is 1. The van der Waals surface area contributed by atoms with Crippen LogP contribution >= 0.6 is 11.3 Å². The highest BCUT2D eigenvalue weighted by atomic mass is 32.1. The van der Waals surface area contributed by atoms with Gasteiger partial charge < -0.3 is 10.6 Å². The van der Waals surface area contributed by atoms with Crippen molar-refractivity contribution in [1.29, 1.82) is 0 Å². The second kappa shape index (κ2) is 5.85. The van der Waals surface area contributed by atoms with E-state index in [0.29, 0.717) is 6.54 Å². The van der Waals surface area contributed by atoms with E-state index in [1.54, 1.807) is 16.0 Å². The van der Waals surface area contributed by atoms with Crippen LogP contribution in [-0.4, -0.2) is 20.8 Å². The van der Waals surface area contributed by atoms with Gasteiger partial charge >= 0.3 is 6.03 Å². The third-order valence-electron chi connectivity index (χ3n) is 3.53. The summed E-state index contributed by atoms with van der Waals surface area (Å²) in [5.41, 5.74) is 2.87. The van der Waals surface area contributed by atoms with Crippen LogP contribution in [-0.2, 0) is 32.9 Å². The van der Waals surface area contributed by atoms with E-state index in [-0.39, 0.29) is 6.03 Å². The van der Waals surface area contributed by atoms with E-state index in [1.807, 2.05) is 20.2 Å². The first-order valence-corrected chi connectivity index (χ1v) is 8.02. The van der Waals surface area contributed by atoms with Gasteiger partial charge in [0.25, 0.3) is 0 Å². The van der Waals surface area contributed by atoms with Crippen molar-refractivity contribution < 1.29 is 4.79 Å². The highest BCUT2D eigenvalue weighted by Crippen LogP contribution is 2.27. The van der Waals surface area contributed by atoms with Gasteiger partial charge in [-0.15, -0.1) is 11.3 Å². The van der Waals surface area contributed by atoms with Gasteiger partial charge in [0.15, 0.2) is 0 Å². The third-order valence-corrected chi connectivity index (χ3v) is 4.69. The molecule has 2 aromatic rings. The number of aryl methyl sites for hydroxylation is 4. The maximum Gasteiger partial charge on any atom is 0.319 e. The molecule has 0 spiro atoms. The molecule has 7 heteroatoms. The second-order valence-corrected chi connectivity index (χ2v) is 6.32. The average molecular weight is 305 g/mol. The van der Waals surface area contributed by atoms with Crippen LogP contribution in [0.3, 0.4) is 0 Å². The van der Waals surface area contributed by atoms with Crippen molar-refractivity contribution in [3.63, 3.8) is 0 Å². The molecule has 3 rings (SSSR count). The number of hydrogen-bond donors (Lipinski definition) is 2. The summed E-state index contributed by atoms with van der Waals surface area (Å²) in [4.78, 5) is 17.9. The van der Waals surface area contributed by atoms with Gasteiger partial charge in [0, 0.05) is 18.1 Å². The van der Waals surface area contributed by atoms with Crippen LogP contribution in [0.2, 0.25) is 0 Å². The maximum atomic E-state index is 12.0. The molecule has 0 saturated carbocycles. The van der Waals surface area contributed by atoms with Crippen molar-refractivity contribution in [2.24, 2.45) is 7.05 Å². The molecular formula is C14H19N5OS. The molecule has 0 saturated heterocycles. The van der Waals surface area contributed by atoms with Gasteiger partial charge in [-0.3, -0.25) is 4.68 Å². The standard InChI is InChI=1S/C14H19N5OS/c1-3-9-11(8-19(2)18-9)17-14(20)15-7-13-16-10-5-4-6-12(10)21-13/h8H,3-7H2,1-2H3,(H2,15,17,20). The number of fused-ring (bicyclic) bond motifs is 1. The Morgan fingerprint density at radius 1 is 1.48 bits per heavy atom. The van der Waals surface area contributed by atoms with Gasteiger partial charge in [-0.05, 0) is 25.7 Å². The van der Waals surface area contributed by atoms with Gasteiger partial charge in [-0.1, -0.05) is 6.92 Å². The molecule has 0 radical (unpaired) electrons. The fraction of sp³-hybridized carbons (Fsp3) is 0.500. The van der Waals surface area contributed by atoms with Crippen LogP contribution in [0.15, 0.2) is 6.20 Å². The minimum Gasteiger partial charge on any atom is -0.331 e. The van der Waals surface area contributed by atoms with E-state index in [2.05, 4.69) is 20.7 Å². The van der Waals surface area contributed by atoms with Gasteiger partial charge in [-0.25, -0.2) is 9.78 Å². The molecular weight excluding hydrogens is 286 g/mol. The number of rotatable bonds is 4. The smallest absolute Gasteiger partial charge is 0.319 e. The Morgan fingerprint density at radius 2 is 2.33 bits per heavy atom. The lowest BCUT2D eigenvalue weighted by Gasteiger charge is -2.05. The zero-order valence-electron chi connectivity index (χ0n) is 12.3. The molecule has 1 aliphatic carbocycles. The lowest BCUT2D eigenvalue weighted by atomic mass is 10.3. The Bertz CT molecular complexity index is 639. The lowest BCUT2D eigenvalue weighted by Crippen LogP contribution is -2.28. The second-order valence-electron chi connectivity index (χ2n) is 5.16. The predicted octanol–water partition coefficient (Wildman–Crippen LogP) is 2.25. The molecule has 0 unspecified atom stereocenters. The Balaban J connectivity index is 1.56. The molecule has 0 aliphatic heterocycles. The predicted molar refractivity (Wildman–Crippen MR) is 82.6 cm³/mol. The molecule has 0 aromatic carbocycles. The van der Waals surface area contributed by atoms with Crippen molar-refractivity contribution in [3.05, 3.63) is 27.5 Å². The van der Waals surface area contributed by atoms with E-state index in [1.165, 1.54) is 17.0 Å². The first-order chi connectivity index (χ1) is 10.2. The molecule has 6 nitrogen and oxygen atoms in total. The molecule has 21 heavy (non-hydrogen) atoms. The molecule has 2 heterocycles. The van der Waals surface area contributed by atoms with Crippen LogP contribution in [0.4, 0.5) is 10.5 Å². The summed E-state index contributed by atoms with van der Waals surface area (Å²) in [6, 6.07) is -0.215. The Kier molecular flexibility index (Phi) is 3.92. The Labute approximate surface area is 127 Å². The summed E-state index contributed by atoms with van der Waals surface area (Å²) in [7, 11) is 1.85. The van der Waals surface area contributed by atoms with Crippen LogP contribution in [0.25, 0.3) is 0 Å². The summed E-state index contributed by atoms with van der Waals surface area (Å²) in [5.74, 6) is 0. The van der Waals surface area contributed by atoms with Crippen molar-refractivity contribution in [2.45, 2.75) is 39.2 Å². The van der Waals surface area contributed by atoms with E-state index in [0.717, 1.165) is 35.7 Å². The van der Waals surface area contributed by atoms with Crippen molar-refractivity contribution >= 4 is 23.1 Å². The zero-order valence-corrected chi connectivity index (χ0v) is 13.1. The molecule has 0 atom stereocenters. The number of carbonyl (C=O) groups excluding carboxylic acids is 1. The van der Waals surface area contributed by atoms with Gasteiger partial charge in [0.1, 0.15) is 5.01 Å². The molecule has 0 bridgehead atoms. The molecule has 0 fully saturated rings. The normalized spacial score (nSPS) is 13.2. The molecule has 1 aliphatic rings. The highest BCUT2D eigenvalue weighted by Gasteiger charge is 2.17. The minimum atomic E-state index is -0.215. The van der Waals surface area contributed by atoms with Crippen LogP contribution in [0, 0.1) is 0 Å². The van der Waals surface area contributed by atoms with Gasteiger partial charge in [0.2, 0.25) is 0 Å². The van der Waals surface area contributed by atoms with Crippen molar-refractivity contribution in [2.75, 3.05) is 5.32 Å². The van der Waals surface area contributed by atoms with Gasteiger partial charge in [-0.2, -0.15) is 5.10 Å². The summed E-state index contributed by atoms with van der Waals surface area (Å²) in [5, 5.41) is 11.0. The summed E-state index contributed by atoms with van der Waals surface area (Å²) in [6.07, 6.45) is 6.03. The van der Waals surface area contributed by atoms with E-state index < -0.39 is 0 Å². The van der Waals surface area contributed by atoms with Crippen molar-refractivity contribution in [1.82, 2.24) is 20.1 Å². The third kappa shape index (κ3) is 3.07. The van der Waals surface area contributed by atoms with E-state index in [4.69, 9.17) is 0 Å². The monoisotopic (exact) mass is 305 g/mol. The Morgan fingerprint density at radius 3 is 3.10 bits per heavy atom. The topological polar surface area (TPSA) is 71.8 Å². The van der Waals surface area contributed by atoms with Gasteiger partial charge in [0.05, 0.1) is 23.6 Å². The van der Waals surface area contributed by atoms with Crippen LogP contribution in [0.5, 0.6) is 0 Å². The quantitative estimate of drug-likeness (QED) is 0.910. The minimum absolute atomic E-state index is 0.215. The molecule has 2 aromatic heterocycles. The number of nitrogens with zero attached hydrogens (tertiary/aromatic N) is 3. The Hall–Kier alpha value is -1.89. The molecule has 2 N–H and O–H groups in total. The number of carbonyl (C=O) groups is 1. The van der Waals surface area contributed by atoms with Crippen LogP contribution < -0.4 is 10.6 Å². The number of aromatic nitrogens is 3. The molecule has 2 amide bonds. The number of nitrogens with one attached hydrogen (secondary N) is 2. The average Bonchev–Trinajstić information content (AvgIpc) is 3.10. The van der Waals surface area contributed by atoms with E-state index in [9.17, 15) is 4.79 Å². The maximum absolute atomic E-state index is 12.0. The zero-order chi connectivity index (χ0) is 14.8. The number of thiazole rings is 1. The van der Waals surface area contributed by atoms with Crippen molar-refractivity contribution in [3.8, 4) is 0 Å². The largest absolute Gasteiger partial charge is 0.331 e. The first kappa shape index (κ1) is 14.1. The summed E-state index contributed by atoms with van der Waals surface area (Å²) >= 11 is 1.71. The number of amides is 2. The highest BCUT2D eigenvalue weighted by molar-refractivity contribution is 7.11. The lowest BCUT2D eigenvalue weighted by molar-refractivity contribution is 0.251. The van der Waals surface area contributed by atoms with E-state index >= 15 is 0 Å². The molecule has 112 valence electrons. The number of anilines is 1. The first-order valence-electron chi connectivity index (χ1n) is 7.20. The fourth-order valence-electron chi connectivity index (χ4n) is 2.54. The summed E-state index contributed by atoms with van der Waals surface area (Å²) in [6.45, 7) is 2.49.